The van der Waals surface area contributed by atoms with Crippen LogP contribution in [0.15, 0.2) is 0 Å². The van der Waals surface area contributed by atoms with Gasteiger partial charge in [0.15, 0.2) is 12.2 Å². The van der Waals surface area contributed by atoms with Crippen molar-refractivity contribution in [1.82, 2.24) is 10.6 Å². The Kier molecular flexibility index (Phi) is 70.1. The first-order valence-electron chi connectivity index (χ1n) is 39.3. The smallest absolute Gasteiger partial charge is 0.462 e. The van der Waals surface area contributed by atoms with E-state index in [1.165, 1.54) is 180 Å². The number of carbonyl (C=O) groups excluding carboxylic acids is 6. The average Bonchev–Trinajstić information content (AvgIpc) is 1.00. The molecule has 0 fully saturated rings. The van der Waals surface area contributed by atoms with E-state index in [0.717, 1.165) is 77.0 Å². The van der Waals surface area contributed by atoms with Crippen molar-refractivity contribution in [2.75, 3.05) is 64.2 Å². The van der Waals surface area contributed by atoms with E-state index >= 15 is 0 Å². The van der Waals surface area contributed by atoms with Crippen LogP contribution in [0.3, 0.4) is 0 Å². The maximum Gasteiger partial charge on any atom is 0.472 e. The molecular formula is C74H142N2O18P2S2. The minimum absolute atomic E-state index is 0.0535. The van der Waals surface area contributed by atoms with Crippen molar-refractivity contribution in [3.63, 3.8) is 0 Å². The third-order valence-corrected chi connectivity index (χ3v) is 21.5. The number of phosphoric ester groups is 2. The molecule has 0 bridgehead atoms. The van der Waals surface area contributed by atoms with Gasteiger partial charge in [0.05, 0.1) is 26.4 Å². The Morgan fingerprint density at radius 1 is 0.306 bits per heavy atom. The van der Waals surface area contributed by atoms with E-state index in [9.17, 15) is 47.7 Å². The maximum atomic E-state index is 12.9. The number of nitrogens with one attached hydrogen (secondary N) is 2. The summed E-state index contributed by atoms with van der Waals surface area (Å²) in [5, 5.41) is 5.32. The van der Waals surface area contributed by atoms with Crippen LogP contribution >= 0.6 is 37.2 Å². The zero-order chi connectivity index (χ0) is 71.9. The van der Waals surface area contributed by atoms with Crippen molar-refractivity contribution < 1.29 is 84.7 Å². The molecule has 0 aliphatic heterocycles. The van der Waals surface area contributed by atoms with Crippen LogP contribution in [-0.2, 0) is 74.9 Å². The second-order valence-electron chi connectivity index (χ2n) is 26.5. The summed E-state index contributed by atoms with van der Waals surface area (Å²) in [5.74, 6) is -1.10. The number of unbranched alkanes of at least 4 members (excludes halogenated alkanes) is 40. The van der Waals surface area contributed by atoms with Crippen LogP contribution in [0.4, 0.5) is 0 Å². The van der Waals surface area contributed by atoms with Crippen LogP contribution in [0.25, 0.3) is 0 Å². The molecule has 98 heavy (non-hydrogen) atoms. The Hall–Kier alpha value is -2.26. The van der Waals surface area contributed by atoms with Gasteiger partial charge in [0, 0.05) is 63.1 Å². The summed E-state index contributed by atoms with van der Waals surface area (Å²) < 4.78 is 68.3. The largest absolute Gasteiger partial charge is 0.472 e. The molecule has 2 unspecified atom stereocenters. The van der Waals surface area contributed by atoms with Gasteiger partial charge < -0.3 is 39.4 Å². The first-order valence-corrected chi connectivity index (χ1v) is 44.8. The SMILES string of the molecule is CCCCCCCCCCCCCC(=O)OC[C@H](COP(=O)(O)OCCNC(=O)CCCSSCCCC(=O)NCCOP(=O)(O)OC[C@@H](COC(=O)CCCCCCCCCCCCC)OC(=O)CCCCCCCCCCCCC)OC(=O)CCCCCCCCCCCCC. The van der Waals surface area contributed by atoms with Gasteiger partial charge in [0.1, 0.15) is 13.2 Å². The first kappa shape index (κ1) is 95.7. The lowest BCUT2D eigenvalue weighted by Crippen LogP contribution is -2.30. The summed E-state index contributed by atoms with van der Waals surface area (Å²) in [6.45, 7) is 6.41. The molecule has 0 aromatic heterocycles. The summed E-state index contributed by atoms with van der Waals surface area (Å²) in [6, 6.07) is 0. The molecule has 0 aliphatic carbocycles. The van der Waals surface area contributed by atoms with Crippen molar-refractivity contribution >= 4 is 72.9 Å². The van der Waals surface area contributed by atoms with Crippen molar-refractivity contribution in [2.45, 2.75) is 374 Å². The Labute approximate surface area is 603 Å². The number of phosphoric acid groups is 2. The highest BCUT2D eigenvalue weighted by Gasteiger charge is 2.28. The highest BCUT2D eigenvalue weighted by atomic mass is 33.1. The summed E-state index contributed by atoms with van der Waals surface area (Å²) in [7, 11) is -6.16. The predicted octanol–water partition coefficient (Wildman–Crippen LogP) is 20.1. The molecule has 578 valence electrons. The van der Waals surface area contributed by atoms with Crippen LogP contribution in [0, 0.1) is 0 Å². The van der Waals surface area contributed by atoms with E-state index < -0.39 is 64.9 Å². The van der Waals surface area contributed by atoms with Crippen LogP contribution in [0.1, 0.15) is 362 Å². The number of hydrogen-bond donors (Lipinski definition) is 4. The number of rotatable bonds is 77. The predicted molar refractivity (Wildman–Crippen MR) is 399 cm³/mol. The molecule has 2 amide bonds. The van der Waals surface area contributed by atoms with Crippen molar-refractivity contribution in [3.05, 3.63) is 0 Å². The molecule has 24 heteroatoms. The van der Waals surface area contributed by atoms with Gasteiger partial charge in [-0.1, -0.05) is 306 Å². The zero-order valence-corrected chi connectivity index (χ0v) is 65.6. The minimum atomic E-state index is -4.64. The minimum Gasteiger partial charge on any atom is -0.462 e. The molecule has 0 saturated carbocycles. The van der Waals surface area contributed by atoms with Gasteiger partial charge in [-0.3, -0.25) is 46.9 Å². The molecule has 4 N–H and O–H groups in total. The molecule has 0 radical (unpaired) electrons. The molecule has 0 saturated heterocycles. The van der Waals surface area contributed by atoms with E-state index in [-0.39, 0.29) is 89.9 Å². The number of hydrogen-bond acceptors (Lipinski definition) is 18. The fraction of sp³-hybridized carbons (Fsp3) is 0.919. The molecule has 20 nitrogen and oxygen atoms in total. The van der Waals surface area contributed by atoms with Crippen LogP contribution in [0.2, 0.25) is 0 Å². The fourth-order valence-corrected chi connectivity index (χ4v) is 14.7. The van der Waals surface area contributed by atoms with E-state index in [0.29, 0.717) is 50.0 Å². The highest BCUT2D eigenvalue weighted by molar-refractivity contribution is 8.76. The Balaban J connectivity index is 4.67. The zero-order valence-electron chi connectivity index (χ0n) is 62.1. The highest BCUT2D eigenvalue weighted by Crippen LogP contribution is 2.44. The lowest BCUT2D eigenvalue weighted by atomic mass is 10.1. The topological polar surface area (TPSA) is 275 Å². The molecule has 0 spiro atoms. The standard InChI is InChI=1S/C74H142N2O18P2S2/c1-5-9-13-17-21-25-29-33-37-41-45-53-71(79)87-63-67(93-73(81)55-47-43-39-35-31-27-23-19-15-11-7-3)65-91-95(83,84)89-59-57-75-69(77)51-49-61-97-98-62-50-52-70(78)76-58-60-90-96(85,86)92-66-68(94-74(82)56-48-44-40-36-32-28-24-20-16-12-8-4)64-88-72(80)54-46-42-38-34-30-26-22-18-14-10-6-2/h67-68H,5-66H2,1-4H3,(H,75,77)(H,76,78)(H,83,84)(H,85,86)/t67-,68-/m1/s1. The van der Waals surface area contributed by atoms with Gasteiger partial charge in [-0.15, -0.1) is 0 Å². The van der Waals surface area contributed by atoms with Gasteiger partial charge in [-0.2, -0.15) is 0 Å². The van der Waals surface area contributed by atoms with Gasteiger partial charge in [0.25, 0.3) is 0 Å². The lowest BCUT2D eigenvalue weighted by molar-refractivity contribution is -0.161. The van der Waals surface area contributed by atoms with Crippen LogP contribution < -0.4 is 10.6 Å². The third-order valence-electron chi connectivity index (χ3n) is 16.9. The maximum absolute atomic E-state index is 12.9. The third kappa shape index (κ3) is 70.8. The normalized spacial score (nSPS) is 13.3. The monoisotopic (exact) mass is 1470 g/mol. The summed E-state index contributed by atoms with van der Waals surface area (Å²) in [6.07, 6.45) is 50.3. The Morgan fingerprint density at radius 3 is 0.796 bits per heavy atom. The van der Waals surface area contributed by atoms with Gasteiger partial charge >= 0.3 is 39.5 Å². The second kappa shape index (κ2) is 71.7. The Bertz CT molecular complexity index is 1860. The van der Waals surface area contributed by atoms with Crippen molar-refractivity contribution in [2.24, 2.45) is 0 Å². The lowest BCUT2D eigenvalue weighted by Gasteiger charge is -2.20. The van der Waals surface area contributed by atoms with Crippen LogP contribution in [0.5, 0.6) is 0 Å². The number of ether oxygens (including phenoxy) is 4. The first-order chi connectivity index (χ1) is 47.6. The summed E-state index contributed by atoms with van der Waals surface area (Å²) in [4.78, 5) is 96.9. The second-order valence-corrected chi connectivity index (χ2v) is 32.1. The molecule has 0 heterocycles. The quantitative estimate of drug-likeness (QED) is 0.0145. The molecule has 0 aliphatic rings. The molecule has 0 aromatic carbocycles. The van der Waals surface area contributed by atoms with Gasteiger partial charge in [0.2, 0.25) is 11.8 Å². The Morgan fingerprint density at radius 2 is 0.541 bits per heavy atom. The molecule has 0 aromatic rings. The fourth-order valence-electron chi connectivity index (χ4n) is 11.0. The number of carbonyl (C=O) groups is 6. The van der Waals surface area contributed by atoms with Crippen LogP contribution in [-0.4, -0.2) is 122 Å². The van der Waals surface area contributed by atoms with E-state index in [4.69, 9.17) is 37.0 Å². The number of esters is 4. The van der Waals surface area contributed by atoms with Crippen molar-refractivity contribution in [1.29, 1.82) is 0 Å². The van der Waals surface area contributed by atoms with E-state index in [1.807, 2.05) is 0 Å². The molecule has 4 atom stereocenters. The van der Waals surface area contributed by atoms with Gasteiger partial charge in [-0.25, -0.2) is 9.13 Å². The van der Waals surface area contributed by atoms with E-state index in [2.05, 4.69) is 38.3 Å². The summed E-state index contributed by atoms with van der Waals surface area (Å²) in [5.41, 5.74) is 0. The summed E-state index contributed by atoms with van der Waals surface area (Å²) >= 11 is 0. The average molecular weight is 1470 g/mol. The van der Waals surface area contributed by atoms with E-state index in [1.54, 1.807) is 21.6 Å². The van der Waals surface area contributed by atoms with Gasteiger partial charge in [-0.05, 0) is 38.5 Å². The molecule has 0 rings (SSSR count). The molecular weight excluding hydrogens is 1330 g/mol. The van der Waals surface area contributed by atoms with Crippen molar-refractivity contribution in [3.8, 4) is 0 Å². The number of amides is 2.